The quantitative estimate of drug-likeness (QED) is 0.114. The molecule has 0 aliphatic rings. The van der Waals surface area contributed by atoms with Crippen LogP contribution in [0.5, 0.6) is 46.0 Å². The number of hydrogen-bond donors (Lipinski definition) is 2. The van der Waals surface area contributed by atoms with Gasteiger partial charge in [0.15, 0.2) is 28.8 Å². The van der Waals surface area contributed by atoms with E-state index in [1.165, 1.54) is 58.8 Å². The van der Waals surface area contributed by atoms with Gasteiger partial charge in [0, 0.05) is 58.2 Å². The summed E-state index contributed by atoms with van der Waals surface area (Å²) in [4.78, 5) is 27.3. The summed E-state index contributed by atoms with van der Waals surface area (Å²) >= 11 is 1.16. The Morgan fingerprint density at radius 3 is 1.59 bits per heavy atom. The number of nitrogens with zero attached hydrogens (tertiary/aromatic N) is 4. The number of fused-ring (bicyclic) bond motifs is 2. The van der Waals surface area contributed by atoms with E-state index in [1.807, 2.05) is 20.8 Å². The van der Waals surface area contributed by atoms with Gasteiger partial charge in [-0.2, -0.15) is 5.01 Å². The SMILES string of the molecule is COc1cc2nccc(Oc3ccc(NC(=O)N(Nc4ccc(Oc5ccnc6cc(OC)c(OC)cc56)cc4F)c4nc(C(C)(C)C)cs4)c(F)c3)c2cc1OC. The van der Waals surface area contributed by atoms with Crippen LogP contribution in [-0.2, 0) is 5.41 Å². The second-order valence-corrected chi connectivity index (χ2v) is 14.5. The molecule has 0 spiro atoms. The molecule has 3 aromatic heterocycles. The minimum atomic E-state index is -0.837. The van der Waals surface area contributed by atoms with Crippen LogP contribution in [0.15, 0.2) is 90.6 Å². The summed E-state index contributed by atoms with van der Waals surface area (Å²) in [6, 6.07) is 17.4. The van der Waals surface area contributed by atoms with Crippen LogP contribution in [0.2, 0.25) is 0 Å². The number of thiazole rings is 1. The molecule has 0 unspecified atom stereocenters. The van der Waals surface area contributed by atoms with Crippen molar-refractivity contribution < 1.29 is 42.0 Å². The maximum absolute atomic E-state index is 15.9. The van der Waals surface area contributed by atoms with Crippen LogP contribution < -0.4 is 44.2 Å². The maximum Gasteiger partial charge on any atom is 0.347 e. The molecule has 0 atom stereocenters. The average molecular weight is 809 g/mol. The van der Waals surface area contributed by atoms with Gasteiger partial charge in [-0.05, 0) is 48.5 Å². The molecule has 2 N–H and O–H groups in total. The van der Waals surface area contributed by atoms with Gasteiger partial charge < -0.3 is 33.7 Å². The summed E-state index contributed by atoms with van der Waals surface area (Å²) in [7, 11) is 6.09. The van der Waals surface area contributed by atoms with Crippen LogP contribution in [0.1, 0.15) is 26.5 Å². The summed E-state index contributed by atoms with van der Waals surface area (Å²) in [5, 5.41) is 6.80. The number of aromatic nitrogens is 3. The fourth-order valence-electron chi connectivity index (χ4n) is 5.83. The van der Waals surface area contributed by atoms with Crippen LogP contribution >= 0.6 is 11.3 Å². The Morgan fingerprint density at radius 2 is 1.14 bits per heavy atom. The normalized spacial score (nSPS) is 11.3. The standard InChI is InChI=1S/C42H38F2N6O7S/c1-42(2,3)39-22-58-41(48-39)50(49-30-11-9-24(17-28(30)44)57-34-13-15-46-32-21-38(55-7)36(53-5)19-26(32)34)40(51)47-29-10-8-23(16-27(29)43)56-33-12-14-45-31-20-37(54-6)35(52-4)18-25(31)33/h8-22,49H,1-7H3,(H,47,51). The number of rotatable bonds is 12. The molecule has 0 saturated carbocycles. The van der Waals surface area contributed by atoms with Crippen molar-refractivity contribution in [3.63, 3.8) is 0 Å². The van der Waals surface area contributed by atoms with Gasteiger partial charge in [-0.25, -0.2) is 18.6 Å². The number of ether oxygens (including phenoxy) is 6. The number of methoxy groups -OCH3 is 4. The number of nitrogens with one attached hydrogen (secondary N) is 2. The smallest absolute Gasteiger partial charge is 0.347 e. The highest BCUT2D eigenvalue weighted by atomic mass is 32.1. The summed E-state index contributed by atoms with van der Waals surface area (Å²) in [5.74, 6) is 1.53. The lowest BCUT2D eigenvalue weighted by Crippen LogP contribution is -2.40. The molecule has 0 aliphatic carbocycles. The molecule has 0 bridgehead atoms. The van der Waals surface area contributed by atoms with E-state index in [9.17, 15) is 4.79 Å². The number of hydrazine groups is 1. The van der Waals surface area contributed by atoms with Crippen LogP contribution in [0, 0.1) is 11.6 Å². The lowest BCUT2D eigenvalue weighted by atomic mass is 9.93. The van der Waals surface area contributed by atoms with E-state index in [2.05, 4.69) is 25.7 Å². The topological polar surface area (TPSA) is 138 Å². The Bertz CT molecular complexity index is 2650. The van der Waals surface area contributed by atoms with Crippen molar-refractivity contribution in [1.29, 1.82) is 0 Å². The Hall–Kier alpha value is -6.94. The first-order chi connectivity index (χ1) is 27.9. The summed E-state index contributed by atoms with van der Waals surface area (Å²) in [6.45, 7) is 5.92. The highest BCUT2D eigenvalue weighted by molar-refractivity contribution is 7.14. The number of benzene rings is 4. The zero-order valence-corrected chi connectivity index (χ0v) is 33.3. The molecule has 0 fully saturated rings. The molecule has 13 nitrogen and oxygen atoms in total. The molecule has 298 valence electrons. The van der Waals surface area contributed by atoms with Crippen LogP contribution in [0.25, 0.3) is 21.8 Å². The second-order valence-electron chi connectivity index (χ2n) is 13.7. The number of urea groups is 1. The predicted octanol–water partition coefficient (Wildman–Crippen LogP) is 10.5. The van der Waals surface area contributed by atoms with Gasteiger partial charge in [0.2, 0.25) is 5.13 Å². The molecule has 4 aromatic carbocycles. The Labute approximate surface area is 336 Å². The maximum atomic E-state index is 15.9. The van der Waals surface area contributed by atoms with Gasteiger partial charge in [-0.1, -0.05) is 20.8 Å². The second kappa shape index (κ2) is 16.3. The van der Waals surface area contributed by atoms with Crippen molar-refractivity contribution in [2.24, 2.45) is 0 Å². The van der Waals surface area contributed by atoms with E-state index in [0.717, 1.165) is 22.4 Å². The number of amides is 2. The van der Waals surface area contributed by atoms with Crippen molar-refractivity contribution in [3.8, 4) is 46.0 Å². The molecule has 3 heterocycles. The van der Waals surface area contributed by atoms with Crippen molar-refractivity contribution in [1.82, 2.24) is 15.0 Å². The third kappa shape index (κ3) is 8.13. The molecule has 58 heavy (non-hydrogen) atoms. The van der Waals surface area contributed by atoms with Crippen molar-refractivity contribution in [2.75, 3.05) is 44.2 Å². The number of pyridine rings is 2. The first kappa shape index (κ1) is 39.3. The van der Waals surface area contributed by atoms with Crippen molar-refractivity contribution in [3.05, 3.63) is 108 Å². The zero-order valence-electron chi connectivity index (χ0n) is 32.5. The Morgan fingerprint density at radius 1 is 0.655 bits per heavy atom. The van der Waals surface area contributed by atoms with E-state index >= 15 is 8.78 Å². The number of halogens is 2. The van der Waals surface area contributed by atoms with E-state index < -0.39 is 17.7 Å². The third-order valence-electron chi connectivity index (χ3n) is 8.88. The first-order valence-corrected chi connectivity index (χ1v) is 18.6. The van der Waals surface area contributed by atoms with Crippen molar-refractivity contribution in [2.45, 2.75) is 26.2 Å². The fraction of sp³-hybridized carbons (Fsp3) is 0.190. The van der Waals surface area contributed by atoms with E-state index in [1.54, 1.807) is 54.2 Å². The number of carbonyl (C=O) groups is 1. The average Bonchev–Trinajstić information content (AvgIpc) is 3.72. The van der Waals surface area contributed by atoms with Gasteiger partial charge in [-0.3, -0.25) is 15.4 Å². The highest BCUT2D eigenvalue weighted by Crippen LogP contribution is 2.39. The third-order valence-corrected chi connectivity index (χ3v) is 9.70. The Kier molecular flexibility index (Phi) is 11.0. The lowest BCUT2D eigenvalue weighted by molar-refractivity contribution is 0.257. The monoisotopic (exact) mass is 808 g/mol. The fourth-order valence-corrected chi connectivity index (χ4v) is 6.83. The summed E-state index contributed by atoms with van der Waals surface area (Å²) in [6.07, 6.45) is 3.12. The largest absolute Gasteiger partial charge is 0.493 e. The summed E-state index contributed by atoms with van der Waals surface area (Å²) in [5.41, 5.74) is 4.08. The van der Waals surface area contributed by atoms with Gasteiger partial charge >= 0.3 is 6.03 Å². The molecule has 0 saturated heterocycles. The van der Waals surface area contributed by atoms with Crippen LogP contribution in [0.3, 0.4) is 0 Å². The molecule has 16 heteroatoms. The minimum absolute atomic E-state index is 0.0796. The molecule has 0 aliphatic heterocycles. The highest BCUT2D eigenvalue weighted by Gasteiger charge is 2.26. The lowest BCUT2D eigenvalue weighted by Gasteiger charge is -2.23. The van der Waals surface area contributed by atoms with Crippen LogP contribution in [0.4, 0.5) is 30.1 Å². The molecular weight excluding hydrogens is 771 g/mol. The first-order valence-electron chi connectivity index (χ1n) is 17.7. The van der Waals surface area contributed by atoms with Gasteiger partial charge in [-0.15, -0.1) is 11.3 Å². The number of hydrogen-bond acceptors (Lipinski definition) is 12. The predicted molar refractivity (Wildman–Crippen MR) is 219 cm³/mol. The minimum Gasteiger partial charge on any atom is -0.493 e. The van der Waals surface area contributed by atoms with Crippen molar-refractivity contribution >= 4 is 55.7 Å². The molecule has 0 radical (unpaired) electrons. The number of anilines is 3. The van der Waals surface area contributed by atoms with E-state index in [0.29, 0.717) is 62.0 Å². The Balaban J connectivity index is 1.13. The van der Waals surface area contributed by atoms with E-state index in [4.69, 9.17) is 28.4 Å². The molecule has 7 aromatic rings. The van der Waals surface area contributed by atoms with Gasteiger partial charge in [0.1, 0.15) is 28.8 Å². The van der Waals surface area contributed by atoms with Gasteiger partial charge in [0.25, 0.3) is 0 Å². The molecular formula is C42H38F2N6O7S. The molecule has 2 amide bonds. The van der Waals surface area contributed by atoms with E-state index in [-0.39, 0.29) is 33.4 Å². The number of carbonyl (C=O) groups excluding carboxylic acids is 1. The van der Waals surface area contributed by atoms with Crippen LogP contribution in [-0.4, -0.2) is 49.4 Å². The molecule has 7 rings (SSSR count). The zero-order chi connectivity index (χ0) is 41.1. The summed E-state index contributed by atoms with van der Waals surface area (Å²) < 4.78 is 65.3. The van der Waals surface area contributed by atoms with Gasteiger partial charge in [0.05, 0.1) is 56.5 Å².